The van der Waals surface area contributed by atoms with E-state index in [2.05, 4.69) is 0 Å². The summed E-state index contributed by atoms with van der Waals surface area (Å²) in [6, 6.07) is 30.2. The van der Waals surface area contributed by atoms with Crippen LogP contribution in [0, 0.1) is 5.41 Å². The molecular formula is C28H25N3O2S. The van der Waals surface area contributed by atoms with E-state index in [1.165, 1.54) is 11.3 Å². The highest BCUT2D eigenvalue weighted by atomic mass is 32.1. The molecule has 6 heteroatoms. The van der Waals surface area contributed by atoms with Crippen LogP contribution in [-0.2, 0) is 11.4 Å². The first-order valence-corrected chi connectivity index (χ1v) is 11.6. The first-order chi connectivity index (χ1) is 16.6. The van der Waals surface area contributed by atoms with Crippen molar-refractivity contribution in [1.82, 2.24) is 0 Å². The van der Waals surface area contributed by atoms with Crippen molar-refractivity contribution >= 4 is 23.3 Å². The third-order valence-electron chi connectivity index (χ3n) is 5.40. The molecule has 0 bridgehead atoms. The molecule has 5 N–H and O–H groups in total. The maximum atomic E-state index is 11.5. The molecule has 1 aromatic heterocycles. The number of benzene rings is 3. The fourth-order valence-electron chi connectivity index (χ4n) is 3.64. The lowest BCUT2D eigenvalue weighted by molar-refractivity contribution is -0.105. The Balaban J connectivity index is 1.61. The van der Waals surface area contributed by atoms with Gasteiger partial charge in [0.15, 0.2) is 6.29 Å². The van der Waals surface area contributed by atoms with Gasteiger partial charge in [0.1, 0.15) is 12.4 Å². The van der Waals surface area contributed by atoms with Crippen LogP contribution in [0.4, 0.5) is 0 Å². The molecule has 3 aromatic carbocycles. The Morgan fingerprint density at radius 3 is 2.26 bits per heavy atom. The number of ether oxygens (including phenoxy) is 1. The minimum Gasteiger partial charge on any atom is -0.488 e. The lowest BCUT2D eigenvalue weighted by atomic mass is 9.94. The monoisotopic (exact) mass is 467 g/mol. The van der Waals surface area contributed by atoms with E-state index in [-0.39, 0.29) is 11.4 Å². The number of allylic oxidation sites excluding steroid dienone is 1. The fraction of sp³-hybridized carbons (Fsp3) is 0.0714. The molecule has 170 valence electrons. The molecule has 0 aliphatic heterocycles. The lowest BCUT2D eigenvalue weighted by Gasteiger charge is -2.17. The van der Waals surface area contributed by atoms with E-state index in [0.29, 0.717) is 24.0 Å². The van der Waals surface area contributed by atoms with Gasteiger partial charge in [-0.05, 0) is 35.4 Å². The molecule has 0 saturated carbocycles. The highest BCUT2D eigenvalue weighted by Gasteiger charge is 2.23. The normalized spacial score (nSPS) is 12.5. The Hall–Kier alpha value is -4.00. The molecule has 5 nitrogen and oxygen atoms in total. The first kappa shape index (κ1) is 23.2. The molecule has 0 saturated heterocycles. The predicted molar refractivity (Wildman–Crippen MR) is 138 cm³/mol. The van der Waals surface area contributed by atoms with E-state index in [9.17, 15) is 4.79 Å². The first-order valence-electron chi connectivity index (χ1n) is 10.8. The average Bonchev–Trinajstić information content (AvgIpc) is 3.39. The quantitative estimate of drug-likeness (QED) is 0.172. The number of hydrogen-bond acceptors (Lipinski definition) is 6. The highest BCUT2D eigenvalue weighted by molar-refractivity contribution is 7.15. The van der Waals surface area contributed by atoms with Gasteiger partial charge in [-0.1, -0.05) is 72.8 Å². The summed E-state index contributed by atoms with van der Waals surface area (Å²) in [5.41, 5.74) is 15.7. The summed E-state index contributed by atoms with van der Waals surface area (Å²) < 4.78 is 6.11. The topological polar surface area (TPSA) is 102 Å². The van der Waals surface area contributed by atoms with Crippen molar-refractivity contribution in [2.45, 2.75) is 12.6 Å². The summed E-state index contributed by atoms with van der Waals surface area (Å²) >= 11 is 1.49. The zero-order valence-electron chi connectivity index (χ0n) is 18.5. The van der Waals surface area contributed by atoms with Gasteiger partial charge < -0.3 is 16.2 Å². The van der Waals surface area contributed by atoms with Crippen LogP contribution in [0.5, 0.6) is 5.75 Å². The molecule has 34 heavy (non-hydrogen) atoms. The Labute approximate surface area is 202 Å². The van der Waals surface area contributed by atoms with E-state index in [0.717, 1.165) is 26.6 Å². The third kappa shape index (κ3) is 5.14. The maximum Gasteiger partial charge on any atom is 0.166 e. The molecular weight excluding hydrogens is 442 g/mol. The molecule has 1 atom stereocenters. The molecule has 0 amide bonds. The summed E-state index contributed by atoms with van der Waals surface area (Å²) in [5, 5.41) is 8.65. The number of carbonyl (C=O) groups is 1. The summed E-state index contributed by atoms with van der Waals surface area (Å²) in [4.78, 5) is 13.3. The second-order valence-electron chi connectivity index (χ2n) is 7.68. The Morgan fingerprint density at radius 1 is 0.912 bits per heavy atom. The Kier molecular flexibility index (Phi) is 7.32. The minimum absolute atomic E-state index is 0.0390. The second-order valence-corrected chi connectivity index (χ2v) is 8.79. The number of carbonyl (C=O) groups excluding carboxylic acids is 1. The van der Waals surface area contributed by atoms with Gasteiger partial charge in [-0.2, -0.15) is 0 Å². The van der Waals surface area contributed by atoms with Gasteiger partial charge in [-0.25, -0.2) is 0 Å². The number of para-hydroxylation sites is 1. The number of rotatable bonds is 9. The largest absolute Gasteiger partial charge is 0.488 e. The third-order valence-corrected chi connectivity index (χ3v) is 6.61. The van der Waals surface area contributed by atoms with Crippen LogP contribution < -0.4 is 16.2 Å². The SMILES string of the molecule is N=C(/C(=C(\N)C=O)C(N)c1ccc(-c2ccccc2OCc2ccccc2)s1)c1ccccc1. The zero-order valence-corrected chi connectivity index (χ0v) is 19.3. The van der Waals surface area contributed by atoms with E-state index in [1.807, 2.05) is 84.9 Å². The van der Waals surface area contributed by atoms with Crippen molar-refractivity contribution in [3.05, 3.63) is 124 Å². The summed E-state index contributed by atoms with van der Waals surface area (Å²) in [7, 11) is 0. The van der Waals surface area contributed by atoms with E-state index >= 15 is 0 Å². The fourth-order valence-corrected chi connectivity index (χ4v) is 4.69. The molecule has 0 aliphatic carbocycles. The van der Waals surface area contributed by atoms with Crippen LogP contribution in [-0.4, -0.2) is 12.0 Å². The van der Waals surface area contributed by atoms with Crippen LogP contribution in [0.3, 0.4) is 0 Å². The second kappa shape index (κ2) is 10.7. The van der Waals surface area contributed by atoms with E-state index in [4.69, 9.17) is 21.6 Å². The number of nitrogens with two attached hydrogens (primary N) is 2. The molecule has 4 rings (SSSR count). The number of nitrogens with one attached hydrogen (secondary N) is 1. The average molecular weight is 468 g/mol. The van der Waals surface area contributed by atoms with Gasteiger partial charge in [0.05, 0.1) is 17.5 Å². The minimum atomic E-state index is -0.714. The van der Waals surface area contributed by atoms with Crippen molar-refractivity contribution < 1.29 is 9.53 Å². The van der Waals surface area contributed by atoms with Gasteiger partial charge in [0.25, 0.3) is 0 Å². The van der Waals surface area contributed by atoms with Crippen LogP contribution in [0.15, 0.2) is 108 Å². The van der Waals surface area contributed by atoms with Crippen LogP contribution >= 0.6 is 11.3 Å². The Morgan fingerprint density at radius 2 is 1.56 bits per heavy atom. The van der Waals surface area contributed by atoms with Gasteiger partial charge in [-0.3, -0.25) is 10.2 Å². The van der Waals surface area contributed by atoms with E-state index < -0.39 is 6.04 Å². The van der Waals surface area contributed by atoms with Crippen molar-refractivity contribution in [1.29, 1.82) is 5.41 Å². The molecule has 1 unspecified atom stereocenters. The number of aldehydes is 1. The van der Waals surface area contributed by atoms with E-state index in [1.54, 1.807) is 12.1 Å². The summed E-state index contributed by atoms with van der Waals surface area (Å²) in [5.74, 6) is 0.772. The zero-order chi connectivity index (χ0) is 23.9. The number of thiophene rings is 1. The maximum absolute atomic E-state index is 11.5. The van der Waals surface area contributed by atoms with Gasteiger partial charge in [-0.15, -0.1) is 11.3 Å². The smallest absolute Gasteiger partial charge is 0.166 e. The van der Waals surface area contributed by atoms with Gasteiger partial charge >= 0.3 is 0 Å². The Bertz CT molecular complexity index is 1310. The summed E-state index contributed by atoms with van der Waals surface area (Å²) in [6.07, 6.45) is 0.550. The molecule has 4 aromatic rings. The van der Waals surface area contributed by atoms with Crippen LogP contribution in [0.25, 0.3) is 10.4 Å². The molecule has 0 aliphatic rings. The van der Waals surface area contributed by atoms with Gasteiger partial charge in [0, 0.05) is 20.9 Å². The van der Waals surface area contributed by atoms with Crippen LogP contribution in [0.2, 0.25) is 0 Å². The number of hydrogen-bond donors (Lipinski definition) is 3. The predicted octanol–water partition coefficient (Wildman–Crippen LogP) is 5.47. The molecule has 0 radical (unpaired) electrons. The van der Waals surface area contributed by atoms with Gasteiger partial charge in [0.2, 0.25) is 0 Å². The standard InChI is InChI=1S/C28H25N3O2S/c29-22(17-32)26(27(30)20-11-5-2-6-12-20)28(31)25-16-15-24(34-25)21-13-7-8-14-23(21)33-18-19-9-3-1-4-10-19/h1-17,28,30H,18,29,31H2/b26-22+,30-27?. The molecule has 0 fully saturated rings. The van der Waals surface area contributed by atoms with Crippen molar-refractivity contribution in [3.8, 4) is 16.2 Å². The molecule has 0 spiro atoms. The van der Waals surface area contributed by atoms with Crippen molar-refractivity contribution in [2.24, 2.45) is 11.5 Å². The van der Waals surface area contributed by atoms with Crippen molar-refractivity contribution in [2.75, 3.05) is 0 Å². The lowest BCUT2D eigenvalue weighted by Crippen LogP contribution is -2.23. The summed E-state index contributed by atoms with van der Waals surface area (Å²) in [6.45, 7) is 0.465. The van der Waals surface area contributed by atoms with Crippen molar-refractivity contribution in [3.63, 3.8) is 0 Å². The molecule has 1 heterocycles. The highest BCUT2D eigenvalue weighted by Crippen LogP contribution is 2.38. The van der Waals surface area contributed by atoms with Crippen LogP contribution in [0.1, 0.15) is 22.0 Å².